The number of aromatic hydroxyl groups is 1. The largest absolute Gasteiger partial charge is 0.594 e. The van der Waals surface area contributed by atoms with E-state index < -0.39 is 0 Å². The van der Waals surface area contributed by atoms with E-state index in [1.165, 1.54) is 0 Å². The van der Waals surface area contributed by atoms with Crippen LogP contribution in [0.25, 0.3) is 11.1 Å². The summed E-state index contributed by atoms with van der Waals surface area (Å²) in [6, 6.07) is 5.13. The smallest absolute Gasteiger partial charge is 0.226 e. The van der Waals surface area contributed by atoms with Crippen molar-refractivity contribution in [2.75, 3.05) is 0 Å². The van der Waals surface area contributed by atoms with Gasteiger partial charge >= 0.3 is 0 Å². The van der Waals surface area contributed by atoms with Gasteiger partial charge < -0.3 is 10.3 Å². The number of benzene rings is 1. The molecule has 0 aliphatic heterocycles. The molecular formula is C13H14N2O2. The molecule has 0 fully saturated rings. The standard InChI is InChI=1S/C13H14N2O2/c1-8-6-11(16)4-5-12(8)13-9(2)7-14-15(17)10(13)3/h4-7,16H,1-3H3. The quantitative estimate of drug-likeness (QED) is 0.602. The number of aryl methyl sites for hydroxylation is 2. The molecule has 4 heteroatoms. The molecule has 0 aliphatic carbocycles. The maximum Gasteiger partial charge on any atom is 0.226 e. The molecule has 0 unspecified atom stereocenters. The Morgan fingerprint density at radius 2 is 1.88 bits per heavy atom. The van der Waals surface area contributed by atoms with Crippen LogP contribution in [0, 0.1) is 26.0 Å². The molecule has 0 amide bonds. The van der Waals surface area contributed by atoms with Crippen LogP contribution in [-0.4, -0.2) is 10.2 Å². The van der Waals surface area contributed by atoms with E-state index in [4.69, 9.17) is 0 Å². The lowest BCUT2D eigenvalue weighted by Crippen LogP contribution is -2.35. The van der Waals surface area contributed by atoms with Gasteiger partial charge in [-0.2, -0.15) is 0 Å². The van der Waals surface area contributed by atoms with E-state index in [1.54, 1.807) is 25.3 Å². The Hall–Kier alpha value is -2.10. The van der Waals surface area contributed by atoms with E-state index in [1.807, 2.05) is 19.9 Å². The molecule has 0 radical (unpaired) electrons. The van der Waals surface area contributed by atoms with Crippen molar-refractivity contribution < 1.29 is 9.95 Å². The zero-order valence-electron chi connectivity index (χ0n) is 10.1. The summed E-state index contributed by atoms with van der Waals surface area (Å²) in [5.41, 5.74) is 4.28. The Labute approximate surface area is 99.7 Å². The summed E-state index contributed by atoms with van der Waals surface area (Å²) in [6.07, 6.45) is 1.56. The third-order valence-electron chi connectivity index (χ3n) is 2.88. The Morgan fingerprint density at radius 3 is 2.53 bits per heavy atom. The van der Waals surface area contributed by atoms with Gasteiger partial charge in [0.1, 0.15) is 5.75 Å². The molecule has 0 atom stereocenters. The van der Waals surface area contributed by atoms with Gasteiger partial charge in [-0.3, -0.25) is 0 Å². The minimum Gasteiger partial charge on any atom is -0.594 e. The van der Waals surface area contributed by atoms with Gasteiger partial charge in [-0.1, -0.05) is 10.9 Å². The number of hydrogen-bond acceptors (Lipinski definition) is 3. The lowest BCUT2D eigenvalue weighted by Gasteiger charge is -2.10. The first kappa shape index (κ1) is 11.4. The van der Waals surface area contributed by atoms with Gasteiger partial charge in [0.05, 0.1) is 11.8 Å². The number of rotatable bonds is 1. The molecule has 0 aliphatic rings. The first-order valence-electron chi connectivity index (χ1n) is 5.36. The molecule has 0 saturated heterocycles. The highest BCUT2D eigenvalue weighted by molar-refractivity contribution is 5.71. The third kappa shape index (κ3) is 1.93. The molecular weight excluding hydrogens is 216 g/mol. The van der Waals surface area contributed by atoms with Gasteiger partial charge in [-0.15, -0.1) is 0 Å². The summed E-state index contributed by atoms with van der Waals surface area (Å²) < 4.78 is 0. The minimum atomic E-state index is 0.227. The number of aromatic nitrogens is 2. The van der Waals surface area contributed by atoms with Crippen LogP contribution in [0.1, 0.15) is 16.8 Å². The normalized spacial score (nSPS) is 10.5. The van der Waals surface area contributed by atoms with Gasteiger partial charge in [0.15, 0.2) is 0 Å². The van der Waals surface area contributed by atoms with Crippen molar-refractivity contribution in [2.24, 2.45) is 0 Å². The van der Waals surface area contributed by atoms with Crippen molar-refractivity contribution in [3.05, 3.63) is 46.4 Å². The van der Waals surface area contributed by atoms with Crippen LogP contribution >= 0.6 is 0 Å². The molecule has 1 heterocycles. The lowest BCUT2D eigenvalue weighted by molar-refractivity contribution is -0.674. The van der Waals surface area contributed by atoms with E-state index in [0.29, 0.717) is 10.5 Å². The molecule has 2 rings (SSSR count). The third-order valence-corrected chi connectivity index (χ3v) is 2.88. The van der Waals surface area contributed by atoms with E-state index in [0.717, 1.165) is 22.3 Å². The van der Waals surface area contributed by atoms with Gasteiger partial charge in [0, 0.05) is 12.0 Å². The fourth-order valence-corrected chi connectivity index (χ4v) is 2.01. The van der Waals surface area contributed by atoms with Crippen LogP contribution in [0.4, 0.5) is 0 Å². The van der Waals surface area contributed by atoms with Gasteiger partial charge in [-0.05, 0) is 42.7 Å². The van der Waals surface area contributed by atoms with Crippen LogP contribution in [0.3, 0.4) is 0 Å². The van der Waals surface area contributed by atoms with E-state index in [9.17, 15) is 10.3 Å². The Morgan fingerprint density at radius 1 is 1.18 bits per heavy atom. The summed E-state index contributed by atoms with van der Waals surface area (Å²) in [5.74, 6) is 0.227. The monoisotopic (exact) mass is 230 g/mol. The number of nitrogens with zero attached hydrogens (tertiary/aromatic N) is 2. The van der Waals surface area contributed by atoms with Gasteiger partial charge in [0.2, 0.25) is 5.69 Å². The summed E-state index contributed by atoms with van der Waals surface area (Å²) in [6.45, 7) is 5.57. The Bertz CT molecular complexity index is 580. The van der Waals surface area contributed by atoms with Crippen molar-refractivity contribution >= 4 is 0 Å². The number of phenolic OH excluding ortho intramolecular Hbond substituents is 1. The fraction of sp³-hybridized carbons (Fsp3) is 0.231. The average molecular weight is 230 g/mol. The molecule has 4 nitrogen and oxygen atoms in total. The van der Waals surface area contributed by atoms with Crippen LogP contribution < -0.4 is 4.85 Å². The number of hydrogen-bond donors (Lipinski definition) is 1. The van der Waals surface area contributed by atoms with E-state index in [2.05, 4.69) is 5.10 Å². The lowest BCUT2D eigenvalue weighted by atomic mass is 9.96. The van der Waals surface area contributed by atoms with Crippen molar-refractivity contribution in [2.45, 2.75) is 20.8 Å². The topological polar surface area (TPSA) is 60.1 Å². The predicted molar refractivity (Wildman–Crippen MR) is 64.5 cm³/mol. The summed E-state index contributed by atoms with van der Waals surface area (Å²) in [7, 11) is 0. The molecule has 88 valence electrons. The fourth-order valence-electron chi connectivity index (χ4n) is 2.01. The summed E-state index contributed by atoms with van der Waals surface area (Å²) in [5, 5.41) is 24.6. The molecule has 0 bridgehead atoms. The maximum atomic E-state index is 11.5. The second-order valence-corrected chi connectivity index (χ2v) is 4.16. The first-order chi connectivity index (χ1) is 8.00. The van der Waals surface area contributed by atoms with Gasteiger partial charge in [0.25, 0.3) is 0 Å². The van der Waals surface area contributed by atoms with Crippen LogP contribution in [0.15, 0.2) is 24.4 Å². The predicted octanol–water partition coefficient (Wildman–Crippen LogP) is 2.01. The van der Waals surface area contributed by atoms with Crippen LogP contribution in [0.2, 0.25) is 0 Å². The molecule has 0 saturated carbocycles. The molecule has 2 aromatic rings. The second kappa shape index (κ2) is 4.05. The maximum absolute atomic E-state index is 11.5. The van der Waals surface area contributed by atoms with E-state index in [-0.39, 0.29) is 5.75 Å². The summed E-state index contributed by atoms with van der Waals surface area (Å²) >= 11 is 0. The summed E-state index contributed by atoms with van der Waals surface area (Å²) in [4.78, 5) is 0.620. The highest BCUT2D eigenvalue weighted by atomic mass is 16.5. The highest BCUT2D eigenvalue weighted by Gasteiger charge is 2.16. The molecule has 0 spiro atoms. The van der Waals surface area contributed by atoms with Crippen molar-refractivity contribution in [3.63, 3.8) is 0 Å². The molecule has 17 heavy (non-hydrogen) atoms. The number of phenols is 1. The zero-order valence-corrected chi connectivity index (χ0v) is 10.1. The average Bonchev–Trinajstić information content (AvgIpc) is 2.27. The van der Waals surface area contributed by atoms with Crippen LogP contribution in [-0.2, 0) is 0 Å². The molecule has 1 N–H and O–H groups in total. The highest BCUT2D eigenvalue weighted by Crippen LogP contribution is 2.29. The molecule has 1 aromatic heterocycles. The van der Waals surface area contributed by atoms with Crippen molar-refractivity contribution in [3.8, 4) is 16.9 Å². The van der Waals surface area contributed by atoms with Crippen molar-refractivity contribution in [1.82, 2.24) is 5.10 Å². The zero-order chi connectivity index (χ0) is 12.6. The van der Waals surface area contributed by atoms with Gasteiger partial charge in [-0.25, -0.2) is 0 Å². The van der Waals surface area contributed by atoms with E-state index >= 15 is 0 Å². The Balaban J connectivity index is 2.72. The Kier molecular flexibility index (Phi) is 2.71. The molecule has 1 aromatic carbocycles. The minimum absolute atomic E-state index is 0.227. The first-order valence-corrected chi connectivity index (χ1v) is 5.36. The van der Waals surface area contributed by atoms with Crippen molar-refractivity contribution in [1.29, 1.82) is 0 Å². The SMILES string of the molecule is Cc1cc(O)ccc1-c1c(C)cn[n+]([O-])c1C. The van der Waals surface area contributed by atoms with Crippen LogP contribution in [0.5, 0.6) is 5.75 Å². The second-order valence-electron chi connectivity index (χ2n) is 4.16.